The number of hydrogen-bond donors (Lipinski definition) is 2. The van der Waals surface area contributed by atoms with Crippen LogP contribution in [0.5, 0.6) is 0 Å². The third-order valence-corrected chi connectivity index (χ3v) is 8.22. The Morgan fingerprint density at radius 2 is 1.76 bits per heavy atom. The van der Waals surface area contributed by atoms with Crippen molar-refractivity contribution >= 4 is 33.9 Å². The van der Waals surface area contributed by atoms with E-state index < -0.39 is 40.0 Å². The van der Waals surface area contributed by atoms with Gasteiger partial charge in [0, 0.05) is 18.7 Å². The van der Waals surface area contributed by atoms with Crippen LogP contribution in [-0.2, 0) is 29.1 Å². The smallest absolute Gasteiger partial charge is 0.328 e. The molecule has 2 amide bonds. The standard InChI is InChI=1S/C23H29N3O6S/c1-32-23(29)19-13-17-14-26(19)22(28)21(16-5-3-2-4-6-16)24-20(27)12-9-15-7-10-18(11-8-15)33(30,31)25-17/h7-12,16-17,19,21,25H,2-6,13-14H2,1H3,(H,24,27)/b12-9-/t17-,19?,21?/m1/s1. The van der Waals surface area contributed by atoms with Gasteiger partial charge in [0.1, 0.15) is 12.1 Å². The number of methoxy groups -OCH3 is 1. The fourth-order valence-corrected chi connectivity index (χ4v) is 6.21. The first-order valence-electron chi connectivity index (χ1n) is 11.3. The Labute approximate surface area is 193 Å². The third kappa shape index (κ3) is 5.11. The Balaban J connectivity index is 1.74. The van der Waals surface area contributed by atoms with Gasteiger partial charge in [0.05, 0.1) is 12.0 Å². The van der Waals surface area contributed by atoms with Crippen molar-refractivity contribution in [2.45, 2.75) is 61.5 Å². The number of carbonyl (C=O) groups excluding carboxylic acids is 3. The van der Waals surface area contributed by atoms with E-state index in [1.54, 1.807) is 18.2 Å². The van der Waals surface area contributed by atoms with E-state index in [4.69, 9.17) is 4.74 Å². The molecule has 4 bridgehead atoms. The Bertz CT molecular complexity index is 1050. The summed E-state index contributed by atoms with van der Waals surface area (Å²) < 4.78 is 33.4. The van der Waals surface area contributed by atoms with E-state index in [-0.39, 0.29) is 29.7 Å². The van der Waals surface area contributed by atoms with E-state index in [1.165, 1.54) is 30.2 Å². The highest BCUT2D eigenvalue weighted by molar-refractivity contribution is 7.89. The van der Waals surface area contributed by atoms with Gasteiger partial charge in [-0.3, -0.25) is 9.59 Å². The Kier molecular flexibility index (Phi) is 6.85. The SMILES string of the molecule is COC(=O)C1C[C@@H]2CN1C(=O)C(C1CCCCC1)NC(=O)/C=C\c1ccc(cc1)S(=O)(=O)N2. The predicted octanol–water partition coefficient (Wildman–Crippen LogP) is 1.20. The van der Waals surface area contributed by atoms with Crippen molar-refractivity contribution in [1.29, 1.82) is 0 Å². The number of fused-ring (bicyclic) bond motifs is 7. The molecule has 0 spiro atoms. The topological polar surface area (TPSA) is 122 Å². The van der Waals surface area contributed by atoms with Gasteiger partial charge in [0.2, 0.25) is 21.8 Å². The summed E-state index contributed by atoms with van der Waals surface area (Å²) in [6, 6.07) is 3.76. The minimum atomic E-state index is -3.86. The lowest BCUT2D eigenvalue weighted by molar-refractivity contribution is -0.152. The number of hydrogen-bond acceptors (Lipinski definition) is 6. The molecule has 3 aliphatic heterocycles. The summed E-state index contributed by atoms with van der Waals surface area (Å²) in [6.07, 6.45) is 7.63. The number of carbonyl (C=O) groups is 3. The van der Waals surface area contributed by atoms with Crippen LogP contribution in [0.25, 0.3) is 6.08 Å². The average molecular weight is 476 g/mol. The fraction of sp³-hybridized carbons (Fsp3) is 0.522. The fourth-order valence-electron chi connectivity index (χ4n) is 4.97. The van der Waals surface area contributed by atoms with E-state index in [0.717, 1.165) is 32.1 Å². The molecule has 2 fully saturated rings. The molecule has 3 heterocycles. The van der Waals surface area contributed by atoms with Crippen LogP contribution in [0.4, 0.5) is 0 Å². The summed E-state index contributed by atoms with van der Waals surface area (Å²) in [5.41, 5.74) is 0.663. The number of amides is 2. The third-order valence-electron chi connectivity index (χ3n) is 6.68. The summed E-state index contributed by atoms with van der Waals surface area (Å²) in [5.74, 6) is -1.44. The minimum Gasteiger partial charge on any atom is -0.467 e. The lowest BCUT2D eigenvalue weighted by Gasteiger charge is -2.34. The molecule has 1 saturated carbocycles. The maximum atomic E-state index is 13.7. The molecule has 33 heavy (non-hydrogen) atoms. The van der Waals surface area contributed by atoms with E-state index in [2.05, 4.69) is 10.0 Å². The molecule has 178 valence electrons. The van der Waals surface area contributed by atoms with Crippen molar-refractivity contribution < 1.29 is 27.5 Å². The van der Waals surface area contributed by atoms with Crippen LogP contribution in [0.3, 0.4) is 0 Å². The van der Waals surface area contributed by atoms with Crippen molar-refractivity contribution in [2.75, 3.05) is 13.7 Å². The van der Waals surface area contributed by atoms with Crippen molar-refractivity contribution in [2.24, 2.45) is 5.92 Å². The number of ether oxygens (including phenoxy) is 1. The van der Waals surface area contributed by atoms with Crippen LogP contribution in [0, 0.1) is 5.92 Å². The van der Waals surface area contributed by atoms with E-state index in [9.17, 15) is 22.8 Å². The van der Waals surface area contributed by atoms with Gasteiger partial charge >= 0.3 is 5.97 Å². The molecule has 10 heteroatoms. The summed E-state index contributed by atoms with van der Waals surface area (Å²) in [7, 11) is -2.63. The van der Waals surface area contributed by atoms with E-state index in [1.807, 2.05) is 0 Å². The minimum absolute atomic E-state index is 0.0187. The molecular formula is C23H29N3O6S. The van der Waals surface area contributed by atoms with Crippen LogP contribution in [0.1, 0.15) is 44.1 Å². The quantitative estimate of drug-likeness (QED) is 0.620. The number of esters is 1. The van der Waals surface area contributed by atoms with Gasteiger partial charge in [-0.2, -0.15) is 0 Å². The molecule has 9 nitrogen and oxygen atoms in total. The number of nitrogens with one attached hydrogen (secondary N) is 2. The largest absolute Gasteiger partial charge is 0.467 e. The zero-order chi connectivity index (χ0) is 23.6. The lowest BCUT2D eigenvalue weighted by atomic mass is 9.83. The van der Waals surface area contributed by atoms with Gasteiger partial charge in [-0.25, -0.2) is 17.9 Å². The predicted molar refractivity (Wildman–Crippen MR) is 120 cm³/mol. The Morgan fingerprint density at radius 3 is 2.42 bits per heavy atom. The summed E-state index contributed by atoms with van der Waals surface area (Å²) in [4.78, 5) is 40.4. The highest BCUT2D eigenvalue weighted by Crippen LogP contribution is 2.30. The molecule has 1 aliphatic carbocycles. The second-order valence-electron chi connectivity index (χ2n) is 8.87. The van der Waals surface area contributed by atoms with Crippen LogP contribution in [0.2, 0.25) is 0 Å². The summed E-state index contributed by atoms with van der Waals surface area (Å²) in [6.45, 7) is 0.0187. The van der Waals surface area contributed by atoms with Crippen molar-refractivity contribution in [1.82, 2.24) is 14.9 Å². The van der Waals surface area contributed by atoms with E-state index in [0.29, 0.717) is 5.56 Å². The van der Waals surface area contributed by atoms with Crippen molar-refractivity contribution in [3.05, 3.63) is 35.9 Å². The molecule has 2 unspecified atom stereocenters. The number of nitrogens with zero attached hydrogens (tertiary/aromatic N) is 1. The first-order valence-corrected chi connectivity index (χ1v) is 12.8. The molecular weight excluding hydrogens is 446 g/mol. The molecule has 0 radical (unpaired) electrons. The molecule has 1 aromatic rings. The number of rotatable bonds is 2. The van der Waals surface area contributed by atoms with Gasteiger partial charge in [-0.15, -0.1) is 0 Å². The number of sulfonamides is 1. The maximum Gasteiger partial charge on any atom is 0.328 e. The maximum absolute atomic E-state index is 13.7. The second-order valence-corrected chi connectivity index (χ2v) is 10.6. The molecule has 0 aromatic heterocycles. The molecule has 2 N–H and O–H groups in total. The Hall–Kier alpha value is -2.72. The van der Waals surface area contributed by atoms with Crippen molar-refractivity contribution in [3.8, 4) is 0 Å². The summed E-state index contributed by atoms with van der Waals surface area (Å²) >= 11 is 0. The summed E-state index contributed by atoms with van der Waals surface area (Å²) in [5, 5.41) is 2.87. The van der Waals surface area contributed by atoms with Gasteiger partial charge < -0.3 is 15.0 Å². The first kappa shape index (κ1) is 23.4. The second kappa shape index (κ2) is 9.64. The monoisotopic (exact) mass is 475 g/mol. The molecule has 3 atom stereocenters. The normalized spacial score (nSPS) is 29.1. The van der Waals surface area contributed by atoms with E-state index >= 15 is 0 Å². The Morgan fingerprint density at radius 1 is 1.06 bits per heavy atom. The van der Waals surface area contributed by atoms with Gasteiger partial charge in [-0.1, -0.05) is 31.4 Å². The van der Waals surface area contributed by atoms with Crippen LogP contribution in [-0.4, -0.2) is 62.9 Å². The molecule has 1 aromatic carbocycles. The highest BCUT2D eigenvalue weighted by atomic mass is 32.2. The van der Waals surface area contributed by atoms with Crippen LogP contribution < -0.4 is 10.0 Å². The lowest BCUT2D eigenvalue weighted by Crippen LogP contribution is -2.55. The van der Waals surface area contributed by atoms with Gasteiger partial charge in [0.15, 0.2) is 0 Å². The molecule has 5 rings (SSSR count). The van der Waals surface area contributed by atoms with Crippen LogP contribution >= 0.6 is 0 Å². The molecule has 1 saturated heterocycles. The van der Waals surface area contributed by atoms with Crippen molar-refractivity contribution in [3.63, 3.8) is 0 Å². The molecule has 4 aliphatic rings. The van der Waals surface area contributed by atoms with Gasteiger partial charge in [0.25, 0.3) is 0 Å². The van der Waals surface area contributed by atoms with Crippen LogP contribution in [0.15, 0.2) is 35.2 Å². The number of benzene rings is 1. The zero-order valence-electron chi connectivity index (χ0n) is 18.5. The average Bonchev–Trinajstić information content (AvgIpc) is 3.23. The first-order chi connectivity index (χ1) is 15.8. The van der Waals surface area contributed by atoms with Gasteiger partial charge in [-0.05, 0) is 49.0 Å². The highest BCUT2D eigenvalue weighted by Gasteiger charge is 2.45. The zero-order valence-corrected chi connectivity index (χ0v) is 19.3.